The van der Waals surface area contributed by atoms with E-state index < -0.39 is 4.92 Å². The molecule has 0 spiro atoms. The lowest BCUT2D eigenvalue weighted by Gasteiger charge is -2.11. The number of fused-ring (bicyclic) bond motifs is 1. The van der Waals surface area contributed by atoms with E-state index in [1.807, 2.05) is 31.2 Å². The van der Waals surface area contributed by atoms with Crippen LogP contribution in [0.25, 0.3) is 10.2 Å². The summed E-state index contributed by atoms with van der Waals surface area (Å²) in [6, 6.07) is 14.2. The maximum atomic E-state index is 12.2. The van der Waals surface area contributed by atoms with Crippen LogP contribution in [0.2, 0.25) is 0 Å². The first kappa shape index (κ1) is 18.3. The summed E-state index contributed by atoms with van der Waals surface area (Å²) in [6.07, 6.45) is 0.694. The molecule has 0 aliphatic rings. The van der Waals surface area contributed by atoms with Gasteiger partial charge in [0.2, 0.25) is 5.91 Å². The van der Waals surface area contributed by atoms with Crippen molar-refractivity contribution in [3.05, 3.63) is 63.7 Å². The molecule has 1 atom stereocenters. The van der Waals surface area contributed by atoms with E-state index >= 15 is 0 Å². The van der Waals surface area contributed by atoms with Crippen LogP contribution in [0, 0.1) is 10.1 Å². The standard InChI is InChI=1S/C18H17N3O3S2/c1-12(25-14-8-6-13(7-9-14)21(23)24)18(22)19-11-10-17-20-15-4-2-3-5-16(15)26-17/h2-9,12H,10-11H2,1H3,(H,19,22). The van der Waals surface area contributed by atoms with Crippen LogP contribution in [0.4, 0.5) is 5.69 Å². The number of benzene rings is 2. The molecule has 1 unspecified atom stereocenters. The van der Waals surface area contributed by atoms with Crippen LogP contribution in [0.5, 0.6) is 0 Å². The Bertz CT molecular complexity index is 892. The Labute approximate surface area is 158 Å². The number of carbonyl (C=O) groups excluding carboxylic acids is 1. The number of rotatable bonds is 7. The van der Waals surface area contributed by atoms with Crippen molar-refractivity contribution in [2.75, 3.05) is 6.54 Å². The molecule has 0 saturated carbocycles. The molecule has 26 heavy (non-hydrogen) atoms. The van der Waals surface area contributed by atoms with E-state index in [-0.39, 0.29) is 16.8 Å². The molecule has 134 valence electrons. The van der Waals surface area contributed by atoms with Gasteiger partial charge in [-0.05, 0) is 31.2 Å². The molecule has 3 rings (SSSR count). The fourth-order valence-electron chi connectivity index (χ4n) is 2.37. The number of hydrogen-bond acceptors (Lipinski definition) is 6. The number of nitrogens with one attached hydrogen (secondary N) is 1. The van der Waals surface area contributed by atoms with E-state index in [1.54, 1.807) is 23.5 Å². The van der Waals surface area contributed by atoms with Gasteiger partial charge in [0.05, 0.1) is 25.4 Å². The van der Waals surface area contributed by atoms with Gasteiger partial charge >= 0.3 is 0 Å². The predicted octanol–water partition coefficient (Wildman–Crippen LogP) is 4.04. The molecule has 0 saturated heterocycles. The van der Waals surface area contributed by atoms with Crippen LogP contribution >= 0.6 is 23.1 Å². The summed E-state index contributed by atoms with van der Waals surface area (Å²) in [7, 11) is 0. The summed E-state index contributed by atoms with van der Waals surface area (Å²) in [6.45, 7) is 2.35. The van der Waals surface area contributed by atoms with Gasteiger partial charge in [-0.2, -0.15) is 0 Å². The van der Waals surface area contributed by atoms with Crippen molar-refractivity contribution < 1.29 is 9.72 Å². The van der Waals surface area contributed by atoms with Crippen molar-refractivity contribution in [3.63, 3.8) is 0 Å². The number of nitro groups is 1. The lowest BCUT2D eigenvalue weighted by atomic mass is 10.3. The molecule has 6 nitrogen and oxygen atoms in total. The first-order valence-corrected chi connectivity index (χ1v) is 9.76. The van der Waals surface area contributed by atoms with Crippen LogP contribution < -0.4 is 5.32 Å². The molecule has 3 aromatic rings. The average Bonchev–Trinajstić information content (AvgIpc) is 3.04. The van der Waals surface area contributed by atoms with Crippen LogP contribution in [0.1, 0.15) is 11.9 Å². The number of aromatic nitrogens is 1. The summed E-state index contributed by atoms with van der Waals surface area (Å²) < 4.78 is 1.15. The minimum Gasteiger partial charge on any atom is -0.355 e. The van der Waals surface area contributed by atoms with E-state index in [1.165, 1.54) is 23.9 Å². The quantitative estimate of drug-likeness (QED) is 0.376. The Morgan fingerprint density at radius 2 is 2.00 bits per heavy atom. The number of thioether (sulfide) groups is 1. The second-order valence-corrected chi connectivity index (χ2v) is 8.16. The maximum Gasteiger partial charge on any atom is 0.269 e. The zero-order valence-electron chi connectivity index (χ0n) is 14.0. The molecular formula is C18H17N3O3S2. The second kappa shape index (κ2) is 8.29. The predicted molar refractivity (Wildman–Crippen MR) is 105 cm³/mol. The van der Waals surface area contributed by atoms with E-state index in [9.17, 15) is 14.9 Å². The van der Waals surface area contributed by atoms with Crippen LogP contribution in [-0.2, 0) is 11.2 Å². The van der Waals surface area contributed by atoms with Crippen LogP contribution in [0.3, 0.4) is 0 Å². The maximum absolute atomic E-state index is 12.2. The van der Waals surface area contributed by atoms with Gasteiger partial charge in [0.15, 0.2) is 0 Å². The van der Waals surface area contributed by atoms with Crippen molar-refractivity contribution in [3.8, 4) is 0 Å². The van der Waals surface area contributed by atoms with Crippen LogP contribution in [0.15, 0.2) is 53.4 Å². The van der Waals surface area contributed by atoms with Gasteiger partial charge in [-0.25, -0.2) is 4.98 Å². The molecule has 1 aromatic heterocycles. The molecule has 0 aliphatic heterocycles. The van der Waals surface area contributed by atoms with Crippen molar-refractivity contribution in [1.29, 1.82) is 0 Å². The van der Waals surface area contributed by atoms with Gasteiger partial charge in [-0.1, -0.05) is 12.1 Å². The highest BCUT2D eigenvalue weighted by molar-refractivity contribution is 8.00. The monoisotopic (exact) mass is 387 g/mol. The fourth-order valence-corrected chi connectivity index (χ4v) is 4.23. The molecule has 2 aromatic carbocycles. The zero-order valence-corrected chi connectivity index (χ0v) is 15.7. The average molecular weight is 387 g/mol. The SMILES string of the molecule is CC(Sc1ccc([N+](=O)[O-])cc1)C(=O)NCCc1nc2ccccc2s1. The first-order valence-electron chi connectivity index (χ1n) is 8.06. The minimum atomic E-state index is -0.438. The number of amides is 1. The van der Waals surface area contributed by atoms with Gasteiger partial charge in [-0.3, -0.25) is 14.9 Å². The summed E-state index contributed by atoms with van der Waals surface area (Å²) in [5.74, 6) is -0.0607. The molecular weight excluding hydrogens is 370 g/mol. The highest BCUT2D eigenvalue weighted by Gasteiger charge is 2.15. The third kappa shape index (κ3) is 4.59. The summed E-state index contributed by atoms with van der Waals surface area (Å²) in [4.78, 5) is 27.8. The first-order chi connectivity index (χ1) is 12.5. The third-order valence-electron chi connectivity index (χ3n) is 3.71. The summed E-state index contributed by atoms with van der Waals surface area (Å²) >= 11 is 3.02. The van der Waals surface area contributed by atoms with Gasteiger partial charge < -0.3 is 5.32 Å². The normalized spacial score (nSPS) is 12.0. The highest BCUT2D eigenvalue weighted by Crippen LogP contribution is 2.25. The Kier molecular flexibility index (Phi) is 5.85. The fraction of sp³-hybridized carbons (Fsp3) is 0.222. The largest absolute Gasteiger partial charge is 0.355 e. The number of non-ortho nitro benzene ring substituents is 1. The van der Waals surface area contributed by atoms with E-state index in [4.69, 9.17) is 0 Å². The second-order valence-electron chi connectivity index (χ2n) is 5.63. The summed E-state index contributed by atoms with van der Waals surface area (Å²) in [5.41, 5.74) is 1.03. The molecule has 8 heteroatoms. The van der Waals surface area contributed by atoms with Crippen molar-refractivity contribution in [2.45, 2.75) is 23.5 Å². The van der Waals surface area contributed by atoms with E-state index in [0.29, 0.717) is 13.0 Å². The van der Waals surface area contributed by atoms with E-state index in [0.717, 1.165) is 20.1 Å². The van der Waals surface area contributed by atoms with Crippen LogP contribution in [-0.4, -0.2) is 27.6 Å². The minimum absolute atomic E-state index is 0.0438. The Morgan fingerprint density at radius 3 is 2.69 bits per heavy atom. The molecule has 1 amide bonds. The highest BCUT2D eigenvalue weighted by atomic mass is 32.2. The van der Waals surface area contributed by atoms with Gasteiger partial charge in [0, 0.05) is 30.0 Å². The number of nitro benzene ring substituents is 1. The Hall–Kier alpha value is -2.45. The number of hydrogen-bond donors (Lipinski definition) is 1. The topological polar surface area (TPSA) is 85.1 Å². The van der Waals surface area contributed by atoms with Gasteiger partial charge in [-0.15, -0.1) is 23.1 Å². The Morgan fingerprint density at radius 1 is 1.27 bits per heavy atom. The number of para-hydroxylation sites is 1. The molecule has 1 N–H and O–H groups in total. The van der Waals surface area contributed by atoms with Crippen molar-refractivity contribution >= 4 is 44.9 Å². The number of thiazole rings is 1. The van der Waals surface area contributed by atoms with E-state index in [2.05, 4.69) is 10.3 Å². The van der Waals surface area contributed by atoms with Gasteiger partial charge in [0.1, 0.15) is 0 Å². The smallest absolute Gasteiger partial charge is 0.269 e. The molecule has 0 radical (unpaired) electrons. The Balaban J connectivity index is 1.48. The van der Waals surface area contributed by atoms with Crippen molar-refractivity contribution in [1.82, 2.24) is 10.3 Å². The number of nitrogens with zero attached hydrogens (tertiary/aromatic N) is 2. The molecule has 0 fully saturated rings. The zero-order chi connectivity index (χ0) is 18.5. The third-order valence-corrected chi connectivity index (χ3v) is 5.91. The molecule has 0 aliphatic carbocycles. The van der Waals surface area contributed by atoms with Gasteiger partial charge in [0.25, 0.3) is 5.69 Å². The lowest BCUT2D eigenvalue weighted by Crippen LogP contribution is -2.32. The number of carbonyl (C=O) groups is 1. The summed E-state index contributed by atoms with van der Waals surface area (Å²) in [5, 5.41) is 14.3. The lowest BCUT2D eigenvalue weighted by molar-refractivity contribution is -0.384. The molecule has 0 bridgehead atoms. The van der Waals surface area contributed by atoms with Crippen molar-refractivity contribution in [2.24, 2.45) is 0 Å². The molecule has 1 heterocycles.